The van der Waals surface area contributed by atoms with E-state index in [-0.39, 0.29) is 29.3 Å². The van der Waals surface area contributed by atoms with Gasteiger partial charge >= 0.3 is 5.97 Å². The lowest BCUT2D eigenvalue weighted by Crippen LogP contribution is -2.32. The fourth-order valence-corrected chi connectivity index (χ4v) is 3.03. The Morgan fingerprint density at radius 1 is 1.35 bits per heavy atom. The molecule has 0 spiro atoms. The number of rotatable bonds is 4. The van der Waals surface area contributed by atoms with Crippen molar-refractivity contribution in [1.82, 2.24) is 14.0 Å². The van der Waals surface area contributed by atoms with Crippen molar-refractivity contribution in [2.24, 2.45) is 0 Å². The monoisotopic (exact) mass is 354 g/mol. The van der Waals surface area contributed by atoms with Gasteiger partial charge in [-0.2, -0.15) is 0 Å². The molecule has 3 aromatic rings. The zero-order valence-electron chi connectivity index (χ0n) is 15.4. The standard InChI is InChI=1S/C19H22N4O3/c1-5-12(4)23-15(20)13(19(25)26-6-2)10-14-17(23)21-16-11(3)8-7-9-22(16)18(14)24/h7-10,12,20H,5-6H2,1-4H3/t12-/m1/s1. The lowest BCUT2D eigenvalue weighted by atomic mass is 10.1. The number of hydrogen-bond acceptors (Lipinski definition) is 5. The van der Waals surface area contributed by atoms with E-state index in [9.17, 15) is 9.59 Å². The van der Waals surface area contributed by atoms with Crippen LogP contribution in [0.5, 0.6) is 0 Å². The second kappa shape index (κ2) is 6.74. The van der Waals surface area contributed by atoms with E-state index in [1.165, 1.54) is 10.5 Å². The molecule has 0 aliphatic heterocycles. The first-order valence-electron chi connectivity index (χ1n) is 8.69. The minimum atomic E-state index is -0.606. The summed E-state index contributed by atoms with van der Waals surface area (Å²) in [5.74, 6) is -0.606. The highest BCUT2D eigenvalue weighted by atomic mass is 16.5. The van der Waals surface area contributed by atoms with Crippen molar-refractivity contribution in [3.8, 4) is 0 Å². The lowest BCUT2D eigenvalue weighted by molar-refractivity contribution is 0.0523. The lowest BCUT2D eigenvalue weighted by Gasteiger charge is -2.19. The first-order chi connectivity index (χ1) is 12.4. The molecule has 0 saturated heterocycles. The van der Waals surface area contributed by atoms with Crippen LogP contribution in [0.25, 0.3) is 16.7 Å². The number of carbonyl (C=O) groups is 1. The molecule has 7 nitrogen and oxygen atoms in total. The van der Waals surface area contributed by atoms with Crippen molar-refractivity contribution in [2.75, 3.05) is 6.61 Å². The number of nitrogens with one attached hydrogen (secondary N) is 1. The summed E-state index contributed by atoms with van der Waals surface area (Å²) in [7, 11) is 0. The molecule has 0 bridgehead atoms. The third-order valence-corrected chi connectivity index (χ3v) is 4.60. The number of esters is 1. The highest BCUT2D eigenvalue weighted by Crippen LogP contribution is 2.18. The van der Waals surface area contributed by atoms with E-state index in [0.29, 0.717) is 16.7 Å². The van der Waals surface area contributed by atoms with E-state index in [0.717, 1.165) is 12.0 Å². The molecule has 0 saturated carbocycles. The van der Waals surface area contributed by atoms with Gasteiger partial charge in [-0.05, 0) is 44.9 Å². The van der Waals surface area contributed by atoms with Crippen LogP contribution in [0.4, 0.5) is 0 Å². The molecule has 3 rings (SSSR count). The SMILES string of the molecule is CCOC(=O)c1cc2c(=O)n3cccc(C)c3nc2n([C@H](C)CC)c1=N. The van der Waals surface area contributed by atoms with E-state index in [1.54, 1.807) is 23.8 Å². The van der Waals surface area contributed by atoms with E-state index >= 15 is 0 Å². The van der Waals surface area contributed by atoms with Gasteiger partial charge in [0.25, 0.3) is 5.56 Å². The number of hydrogen-bond donors (Lipinski definition) is 1. The molecular formula is C19H22N4O3. The predicted molar refractivity (Wildman–Crippen MR) is 98.5 cm³/mol. The molecule has 7 heteroatoms. The number of fused-ring (bicyclic) bond motifs is 2. The number of pyridine rings is 2. The molecule has 1 N–H and O–H groups in total. The molecule has 0 amide bonds. The van der Waals surface area contributed by atoms with Crippen LogP contribution < -0.4 is 11.0 Å². The molecule has 26 heavy (non-hydrogen) atoms. The molecule has 0 fully saturated rings. The predicted octanol–water partition coefficient (Wildman–Crippen LogP) is 2.58. The van der Waals surface area contributed by atoms with Gasteiger partial charge in [-0.3, -0.25) is 14.6 Å². The Kier molecular flexibility index (Phi) is 4.63. The third kappa shape index (κ3) is 2.69. The van der Waals surface area contributed by atoms with Crippen LogP contribution >= 0.6 is 0 Å². The van der Waals surface area contributed by atoms with E-state index in [2.05, 4.69) is 4.98 Å². The van der Waals surface area contributed by atoms with Gasteiger partial charge in [0, 0.05) is 12.2 Å². The number of aryl methyl sites for hydroxylation is 1. The van der Waals surface area contributed by atoms with Crippen LogP contribution in [0.15, 0.2) is 29.2 Å². The molecule has 0 aromatic carbocycles. The summed E-state index contributed by atoms with van der Waals surface area (Å²) in [5, 5.41) is 8.82. The second-order valence-corrected chi connectivity index (χ2v) is 6.29. The minimum absolute atomic E-state index is 0.00938. The van der Waals surface area contributed by atoms with Crippen molar-refractivity contribution in [3.63, 3.8) is 0 Å². The normalized spacial score (nSPS) is 12.5. The smallest absolute Gasteiger partial charge is 0.341 e. The van der Waals surface area contributed by atoms with E-state index < -0.39 is 5.97 Å². The molecule has 3 heterocycles. The average molecular weight is 354 g/mol. The number of nitrogens with zero attached hydrogens (tertiary/aromatic N) is 3. The zero-order valence-corrected chi connectivity index (χ0v) is 15.4. The van der Waals surface area contributed by atoms with Crippen LogP contribution in [0.1, 0.15) is 49.2 Å². The fourth-order valence-electron chi connectivity index (χ4n) is 3.03. The summed E-state index contributed by atoms with van der Waals surface area (Å²) < 4.78 is 8.19. The summed E-state index contributed by atoms with van der Waals surface area (Å²) in [6, 6.07) is 5.00. The number of carbonyl (C=O) groups excluding carboxylic acids is 1. The van der Waals surface area contributed by atoms with Crippen LogP contribution in [0.2, 0.25) is 0 Å². The van der Waals surface area contributed by atoms with Crippen LogP contribution in [0.3, 0.4) is 0 Å². The molecule has 1 atom stereocenters. The Morgan fingerprint density at radius 3 is 2.73 bits per heavy atom. The molecule has 0 unspecified atom stereocenters. The zero-order chi connectivity index (χ0) is 19.0. The minimum Gasteiger partial charge on any atom is -0.462 e. The summed E-state index contributed by atoms with van der Waals surface area (Å²) in [6.07, 6.45) is 2.39. The van der Waals surface area contributed by atoms with E-state index in [1.807, 2.05) is 26.8 Å². The highest BCUT2D eigenvalue weighted by molar-refractivity contribution is 5.93. The summed E-state index contributed by atoms with van der Waals surface area (Å²) in [6.45, 7) is 7.72. The van der Waals surface area contributed by atoms with Gasteiger partial charge in [-0.25, -0.2) is 9.78 Å². The van der Waals surface area contributed by atoms with Crippen molar-refractivity contribution < 1.29 is 9.53 Å². The van der Waals surface area contributed by atoms with Crippen LogP contribution in [0, 0.1) is 12.3 Å². The highest BCUT2D eigenvalue weighted by Gasteiger charge is 2.20. The number of aromatic nitrogens is 3. The van der Waals surface area contributed by atoms with Crippen LogP contribution in [-0.2, 0) is 4.74 Å². The van der Waals surface area contributed by atoms with Gasteiger partial charge in [-0.1, -0.05) is 13.0 Å². The maximum atomic E-state index is 13.0. The van der Waals surface area contributed by atoms with Gasteiger partial charge in [0.2, 0.25) is 0 Å². The first kappa shape index (κ1) is 17.8. The van der Waals surface area contributed by atoms with Crippen LogP contribution in [-0.4, -0.2) is 26.5 Å². The fraction of sp³-hybridized carbons (Fsp3) is 0.368. The summed E-state index contributed by atoms with van der Waals surface area (Å²) in [4.78, 5) is 30.0. The van der Waals surface area contributed by atoms with Gasteiger partial charge in [-0.15, -0.1) is 0 Å². The third-order valence-electron chi connectivity index (χ3n) is 4.60. The maximum Gasteiger partial charge on any atom is 0.341 e. The van der Waals surface area contributed by atoms with Gasteiger partial charge in [0.05, 0.1) is 12.0 Å². The topological polar surface area (TPSA) is 89.4 Å². The molecule has 0 radical (unpaired) electrons. The molecule has 136 valence electrons. The van der Waals surface area contributed by atoms with Crippen molar-refractivity contribution in [2.45, 2.75) is 40.2 Å². The number of ether oxygens (including phenoxy) is 1. The Balaban J connectivity index is 2.53. The molecule has 0 aliphatic rings. The largest absolute Gasteiger partial charge is 0.462 e. The quantitative estimate of drug-likeness (QED) is 0.576. The van der Waals surface area contributed by atoms with Gasteiger partial charge in [0.15, 0.2) is 0 Å². The maximum absolute atomic E-state index is 13.0. The summed E-state index contributed by atoms with van der Waals surface area (Å²) >= 11 is 0. The first-order valence-corrected chi connectivity index (χ1v) is 8.69. The Bertz CT molecular complexity index is 1130. The second-order valence-electron chi connectivity index (χ2n) is 6.29. The van der Waals surface area contributed by atoms with E-state index in [4.69, 9.17) is 10.1 Å². The summed E-state index contributed by atoms with van der Waals surface area (Å²) in [5.41, 5.74) is 1.64. The molecule has 0 aliphatic carbocycles. The van der Waals surface area contributed by atoms with Crippen molar-refractivity contribution in [3.05, 3.63) is 51.4 Å². The molecule has 3 aromatic heterocycles. The molecular weight excluding hydrogens is 332 g/mol. The van der Waals surface area contributed by atoms with Crippen molar-refractivity contribution in [1.29, 1.82) is 5.41 Å². The van der Waals surface area contributed by atoms with Gasteiger partial charge < -0.3 is 9.30 Å². The van der Waals surface area contributed by atoms with Crippen molar-refractivity contribution >= 4 is 22.6 Å². The Hall–Kier alpha value is -2.96. The Labute approximate surface area is 150 Å². The average Bonchev–Trinajstić information content (AvgIpc) is 2.62. The Morgan fingerprint density at radius 2 is 2.08 bits per heavy atom. The van der Waals surface area contributed by atoms with Gasteiger partial charge in [0.1, 0.15) is 22.3 Å².